The zero-order chi connectivity index (χ0) is 12.2. The smallest absolute Gasteiger partial charge is 0.394 e. The average Bonchev–Trinajstić information content (AvgIpc) is 2.32. The summed E-state index contributed by atoms with van der Waals surface area (Å²) in [4.78, 5) is 0. The van der Waals surface area contributed by atoms with Gasteiger partial charge in [0.25, 0.3) is 0 Å². The Bertz CT molecular complexity index is 144. The molecule has 0 amide bonds. The van der Waals surface area contributed by atoms with Gasteiger partial charge in [-0.1, -0.05) is 0 Å². The Labute approximate surface area is 99.4 Å². The van der Waals surface area contributed by atoms with Crippen LogP contribution < -0.4 is 0 Å². The molecule has 0 spiro atoms. The summed E-state index contributed by atoms with van der Waals surface area (Å²) in [5.74, 6) is 0. The highest BCUT2D eigenvalue weighted by atomic mass is 32.3. The average molecular weight is 257 g/mol. The van der Waals surface area contributed by atoms with Crippen molar-refractivity contribution in [3.05, 3.63) is 0 Å². The molecule has 0 saturated carbocycles. The van der Waals surface area contributed by atoms with Crippen LogP contribution in [0.5, 0.6) is 0 Å². The van der Waals surface area contributed by atoms with Gasteiger partial charge in [0.2, 0.25) is 0 Å². The van der Waals surface area contributed by atoms with E-state index in [1.807, 2.05) is 0 Å². The summed E-state index contributed by atoms with van der Waals surface area (Å²) in [6.07, 6.45) is 0.859. The molecule has 7 heteroatoms. The molecular weight excluding hydrogens is 236 g/mol. The highest BCUT2D eigenvalue weighted by Crippen LogP contribution is 2.02. The Morgan fingerprint density at radius 2 is 1.75 bits per heavy atom. The molecule has 2 N–H and O–H groups in total. The zero-order valence-electron chi connectivity index (χ0n) is 9.76. The van der Waals surface area contributed by atoms with Crippen molar-refractivity contribution in [3.8, 4) is 0 Å². The molecule has 0 aromatic carbocycles. The van der Waals surface area contributed by atoms with E-state index in [1.54, 1.807) is 0 Å². The van der Waals surface area contributed by atoms with Gasteiger partial charge >= 0.3 is 11.7 Å². The lowest BCUT2D eigenvalue weighted by Gasteiger charge is -2.07. The summed E-state index contributed by atoms with van der Waals surface area (Å²) >= 11 is -0.868. The van der Waals surface area contributed by atoms with E-state index < -0.39 is 17.8 Å². The minimum Gasteiger partial charge on any atom is -0.394 e. The van der Waals surface area contributed by atoms with Crippen LogP contribution >= 0.6 is 0 Å². The van der Waals surface area contributed by atoms with Gasteiger partial charge in [0, 0.05) is 6.61 Å². The number of hydrogen-bond donors (Lipinski definition) is 2. The Morgan fingerprint density at radius 1 is 1.12 bits per heavy atom. The van der Waals surface area contributed by atoms with Gasteiger partial charge in [-0.2, -0.15) is 0 Å². The van der Waals surface area contributed by atoms with E-state index in [-0.39, 0.29) is 13.2 Å². The molecule has 6 nitrogen and oxygen atoms in total. The second-order valence-electron chi connectivity index (χ2n) is 2.98. The molecule has 0 aliphatic rings. The summed E-state index contributed by atoms with van der Waals surface area (Å²) < 4.78 is 20.1. The maximum Gasteiger partial charge on any atom is 0.507 e. The lowest BCUT2D eigenvalue weighted by Crippen LogP contribution is -2.19. The van der Waals surface area contributed by atoms with Crippen molar-refractivity contribution in [2.75, 3.05) is 40.6 Å². The van der Waals surface area contributed by atoms with Crippen LogP contribution in [-0.4, -0.2) is 57.0 Å². The predicted octanol–water partition coefficient (Wildman–Crippen LogP) is -0.191. The molecule has 0 aliphatic carbocycles. The molecule has 1 atom stereocenters. The van der Waals surface area contributed by atoms with Crippen molar-refractivity contribution >= 4 is 11.7 Å². The van der Waals surface area contributed by atoms with Crippen LogP contribution in [-0.2, 0) is 29.0 Å². The molecule has 0 bridgehead atoms. The highest BCUT2D eigenvalue weighted by molar-refractivity contribution is 7.82. The van der Waals surface area contributed by atoms with Crippen molar-refractivity contribution in [1.29, 1.82) is 0 Å². The van der Waals surface area contributed by atoms with Gasteiger partial charge in [-0.05, 0) is 12.8 Å². The van der Waals surface area contributed by atoms with Crippen LogP contribution in [0.1, 0.15) is 12.8 Å². The summed E-state index contributed by atoms with van der Waals surface area (Å²) in [7, 11) is 3.04. The van der Waals surface area contributed by atoms with Crippen LogP contribution in [0.3, 0.4) is 0 Å². The third kappa shape index (κ3) is 9.34. The number of unbranched alkanes of at least 4 members (excludes halogenated alkanes) is 1. The molecule has 0 saturated heterocycles. The van der Waals surface area contributed by atoms with Crippen LogP contribution in [0, 0.1) is 0 Å². The minimum absolute atomic E-state index is 0.165. The Kier molecular flexibility index (Phi) is 11.7. The molecule has 0 rings (SSSR count). The largest absolute Gasteiger partial charge is 0.507 e. The van der Waals surface area contributed by atoms with E-state index in [0.29, 0.717) is 13.2 Å². The second-order valence-corrected chi connectivity index (χ2v) is 4.29. The summed E-state index contributed by atoms with van der Waals surface area (Å²) in [5, 5.41) is 17.5. The lowest BCUT2D eigenvalue weighted by molar-refractivity contribution is 0.00478. The molecule has 0 heterocycles. The minimum atomic E-state index is -0.868. The first kappa shape index (κ1) is 16.1. The van der Waals surface area contributed by atoms with Crippen molar-refractivity contribution in [2.24, 2.45) is 0 Å². The van der Waals surface area contributed by atoms with E-state index in [0.717, 1.165) is 12.8 Å². The monoisotopic (exact) mass is 257 g/mol. The van der Waals surface area contributed by atoms with E-state index in [1.165, 1.54) is 14.2 Å². The van der Waals surface area contributed by atoms with Crippen LogP contribution in [0.2, 0.25) is 0 Å². The number of rotatable bonds is 11. The molecule has 0 aromatic rings. The van der Waals surface area contributed by atoms with Gasteiger partial charge in [0.1, 0.15) is 12.7 Å². The number of aliphatic hydroxyl groups is 2. The predicted molar refractivity (Wildman–Crippen MR) is 60.5 cm³/mol. The lowest BCUT2D eigenvalue weighted by atomic mass is 10.3. The van der Waals surface area contributed by atoms with Crippen molar-refractivity contribution in [3.63, 3.8) is 0 Å². The van der Waals surface area contributed by atoms with E-state index in [2.05, 4.69) is 0 Å². The van der Waals surface area contributed by atoms with Crippen molar-refractivity contribution < 1.29 is 27.5 Å². The van der Waals surface area contributed by atoms with Crippen molar-refractivity contribution in [1.82, 2.24) is 0 Å². The second kappa shape index (κ2) is 11.6. The first-order chi connectivity index (χ1) is 7.74. The van der Waals surface area contributed by atoms with Gasteiger partial charge in [-0.25, -0.2) is 0 Å². The first-order valence-electron chi connectivity index (χ1n) is 5.07. The van der Waals surface area contributed by atoms with Gasteiger partial charge < -0.3 is 14.9 Å². The molecule has 0 radical (unpaired) electrons. The van der Waals surface area contributed by atoms with Gasteiger partial charge in [-0.3, -0.25) is 0 Å². The molecule has 0 aromatic heterocycles. The standard InChI is InChI=1S/C9H21O6S/c1-12-16(13-2)15-6-4-3-5-14-8-9(11)7-10/h9-11H,3-8H2,1-2H3/q+1. The third-order valence-corrected chi connectivity index (χ3v) is 2.56. The van der Waals surface area contributed by atoms with Gasteiger partial charge in [0.05, 0.1) is 27.4 Å². The van der Waals surface area contributed by atoms with E-state index >= 15 is 0 Å². The maximum absolute atomic E-state index is 8.97. The molecular formula is C9H21O6S+. The SMILES string of the molecule is CO[S+](OC)OCCCCOCC(O)CO. The zero-order valence-corrected chi connectivity index (χ0v) is 10.6. The molecule has 0 aliphatic heterocycles. The Balaban J connectivity index is 3.15. The normalized spacial score (nSPS) is 13.3. The number of ether oxygens (including phenoxy) is 1. The Hall–Kier alpha value is 0.110. The van der Waals surface area contributed by atoms with Crippen molar-refractivity contribution in [2.45, 2.75) is 18.9 Å². The fraction of sp³-hybridized carbons (Fsp3) is 1.00. The fourth-order valence-corrected chi connectivity index (χ4v) is 1.45. The van der Waals surface area contributed by atoms with Crippen LogP contribution in [0.15, 0.2) is 0 Å². The van der Waals surface area contributed by atoms with Gasteiger partial charge in [-0.15, -0.1) is 12.5 Å². The molecule has 16 heavy (non-hydrogen) atoms. The summed E-state index contributed by atoms with van der Waals surface area (Å²) in [6, 6.07) is 0. The van der Waals surface area contributed by atoms with Crippen LogP contribution in [0.4, 0.5) is 0 Å². The summed E-state index contributed by atoms with van der Waals surface area (Å²) in [5.41, 5.74) is 0. The van der Waals surface area contributed by atoms with Gasteiger partial charge in [0.15, 0.2) is 0 Å². The first-order valence-corrected chi connectivity index (χ1v) is 6.07. The fourth-order valence-electron chi connectivity index (χ4n) is 0.869. The van der Waals surface area contributed by atoms with E-state index in [9.17, 15) is 0 Å². The molecule has 98 valence electrons. The third-order valence-electron chi connectivity index (χ3n) is 1.66. The topological polar surface area (TPSA) is 77.4 Å². The summed E-state index contributed by atoms with van der Waals surface area (Å²) in [6.45, 7) is 0.969. The van der Waals surface area contributed by atoms with E-state index in [4.69, 9.17) is 27.5 Å². The van der Waals surface area contributed by atoms with Crippen LogP contribution in [0.25, 0.3) is 0 Å². The molecule has 1 unspecified atom stereocenters. The quantitative estimate of drug-likeness (QED) is 0.394. The maximum atomic E-state index is 8.97. The number of aliphatic hydroxyl groups excluding tert-OH is 2. The Morgan fingerprint density at radius 3 is 2.31 bits per heavy atom. The molecule has 0 fully saturated rings. The number of hydrogen-bond acceptors (Lipinski definition) is 6. The highest BCUT2D eigenvalue weighted by Gasteiger charge is 2.21.